The third kappa shape index (κ3) is 5.85. The fourth-order valence-corrected chi connectivity index (χ4v) is 2.74. The van der Waals surface area contributed by atoms with Crippen LogP contribution in [-0.2, 0) is 0 Å². The fraction of sp³-hybridized carbons (Fsp3) is 0.556. The summed E-state index contributed by atoms with van der Waals surface area (Å²) in [5.41, 5.74) is 1.88. The summed E-state index contributed by atoms with van der Waals surface area (Å²) >= 11 is 0. The maximum atomic E-state index is 11.8. The van der Waals surface area contributed by atoms with Gasteiger partial charge in [-0.15, -0.1) is 0 Å². The lowest BCUT2D eigenvalue weighted by atomic mass is 10.2. The van der Waals surface area contributed by atoms with E-state index in [9.17, 15) is 9.59 Å². The van der Waals surface area contributed by atoms with Gasteiger partial charge in [0.1, 0.15) is 0 Å². The van der Waals surface area contributed by atoms with Gasteiger partial charge in [-0.3, -0.25) is 0 Å². The van der Waals surface area contributed by atoms with Gasteiger partial charge in [0, 0.05) is 50.6 Å². The smallest absolute Gasteiger partial charge is 0.319 e. The Morgan fingerprint density at radius 1 is 1.00 bits per heavy atom. The Bertz CT molecular complexity index is 553. The van der Waals surface area contributed by atoms with Crippen LogP contribution in [0.3, 0.4) is 0 Å². The molecule has 0 aromatic heterocycles. The highest BCUT2D eigenvalue weighted by Crippen LogP contribution is 2.19. The average Bonchev–Trinajstić information content (AvgIpc) is 2.63. The molecule has 1 saturated heterocycles. The first kappa shape index (κ1) is 18.9. The van der Waals surface area contributed by atoms with Gasteiger partial charge in [-0.1, -0.05) is 13.3 Å². The van der Waals surface area contributed by atoms with E-state index in [0.717, 1.165) is 37.3 Å². The molecule has 1 aromatic rings. The van der Waals surface area contributed by atoms with Crippen LogP contribution in [0.4, 0.5) is 21.0 Å². The first-order valence-corrected chi connectivity index (χ1v) is 9.06. The molecule has 7 nitrogen and oxygen atoms in total. The Morgan fingerprint density at radius 3 is 2.28 bits per heavy atom. The lowest BCUT2D eigenvalue weighted by molar-refractivity contribution is 0.195. The highest BCUT2D eigenvalue weighted by Gasteiger charge is 2.20. The summed E-state index contributed by atoms with van der Waals surface area (Å²) in [5, 5.41) is 8.51. The zero-order valence-corrected chi connectivity index (χ0v) is 15.2. The monoisotopic (exact) mass is 347 g/mol. The van der Waals surface area contributed by atoms with Crippen molar-refractivity contribution in [2.75, 3.05) is 49.5 Å². The molecule has 1 aliphatic rings. The Hall–Kier alpha value is -2.44. The van der Waals surface area contributed by atoms with Crippen LogP contribution < -0.4 is 20.9 Å². The summed E-state index contributed by atoms with van der Waals surface area (Å²) in [4.78, 5) is 27.7. The number of nitrogens with zero attached hydrogens (tertiary/aromatic N) is 2. The maximum Gasteiger partial charge on any atom is 0.319 e. The quantitative estimate of drug-likeness (QED) is 0.692. The number of carbonyl (C=O) groups is 2. The molecule has 1 aliphatic heterocycles. The topological polar surface area (TPSA) is 76.7 Å². The molecule has 138 valence electrons. The number of hydrogen-bond acceptors (Lipinski definition) is 3. The van der Waals surface area contributed by atoms with Crippen LogP contribution >= 0.6 is 0 Å². The molecule has 0 spiro atoms. The number of rotatable bonds is 6. The van der Waals surface area contributed by atoms with Gasteiger partial charge in [0.15, 0.2) is 0 Å². The van der Waals surface area contributed by atoms with Gasteiger partial charge < -0.3 is 25.8 Å². The van der Waals surface area contributed by atoms with E-state index in [4.69, 9.17) is 0 Å². The molecule has 3 N–H and O–H groups in total. The molecule has 0 bridgehead atoms. The number of urea groups is 2. The third-order valence-electron chi connectivity index (χ3n) is 4.20. The molecule has 1 aromatic carbocycles. The average molecular weight is 347 g/mol. The van der Waals surface area contributed by atoms with Gasteiger partial charge in [0.25, 0.3) is 0 Å². The van der Waals surface area contributed by atoms with Gasteiger partial charge in [-0.2, -0.15) is 0 Å². The van der Waals surface area contributed by atoms with E-state index < -0.39 is 0 Å². The minimum absolute atomic E-state index is 0.00998. The summed E-state index contributed by atoms with van der Waals surface area (Å²) in [5.74, 6) is 0. The molecule has 0 radical (unpaired) electrons. The molecule has 2 rings (SSSR count). The van der Waals surface area contributed by atoms with E-state index >= 15 is 0 Å². The van der Waals surface area contributed by atoms with Gasteiger partial charge >= 0.3 is 12.1 Å². The minimum Gasteiger partial charge on any atom is -0.368 e. The normalized spacial score (nSPS) is 14.2. The fourth-order valence-electron chi connectivity index (χ4n) is 2.74. The van der Waals surface area contributed by atoms with Crippen molar-refractivity contribution in [1.29, 1.82) is 0 Å². The molecule has 1 fully saturated rings. The predicted octanol–water partition coefficient (Wildman–Crippen LogP) is 2.46. The number of unbranched alkanes of at least 4 members (excludes halogenated alkanes) is 1. The molecule has 0 atom stereocenters. The maximum absolute atomic E-state index is 11.8. The van der Waals surface area contributed by atoms with Crippen molar-refractivity contribution < 1.29 is 9.59 Å². The van der Waals surface area contributed by atoms with E-state index in [1.807, 2.05) is 36.1 Å². The number of benzene rings is 1. The van der Waals surface area contributed by atoms with Crippen LogP contribution in [0.1, 0.15) is 26.7 Å². The van der Waals surface area contributed by atoms with E-state index in [-0.39, 0.29) is 12.1 Å². The molecular weight excluding hydrogens is 318 g/mol. The molecule has 1 heterocycles. The molecule has 25 heavy (non-hydrogen) atoms. The van der Waals surface area contributed by atoms with Crippen molar-refractivity contribution in [3.05, 3.63) is 24.3 Å². The van der Waals surface area contributed by atoms with Crippen molar-refractivity contribution in [2.45, 2.75) is 26.7 Å². The number of carbonyl (C=O) groups excluding carboxylic acids is 2. The second-order valence-corrected chi connectivity index (χ2v) is 6.09. The first-order chi connectivity index (χ1) is 12.1. The largest absolute Gasteiger partial charge is 0.368 e. The third-order valence-corrected chi connectivity index (χ3v) is 4.20. The van der Waals surface area contributed by atoms with Crippen molar-refractivity contribution >= 4 is 23.4 Å². The highest BCUT2D eigenvalue weighted by molar-refractivity contribution is 5.89. The zero-order chi connectivity index (χ0) is 18.1. The highest BCUT2D eigenvalue weighted by atomic mass is 16.2. The standard InChI is InChI=1S/C18H29N5O2/c1-3-5-10-20-17(24)21-15-6-8-16(9-7-15)22-11-13-23(14-12-22)18(25)19-4-2/h6-9H,3-5,10-14H2,1-2H3,(H,19,25)(H2,20,21,24). The van der Waals surface area contributed by atoms with Crippen LogP contribution in [0.2, 0.25) is 0 Å². The van der Waals surface area contributed by atoms with Gasteiger partial charge in [-0.25, -0.2) is 9.59 Å². The lowest BCUT2D eigenvalue weighted by Crippen LogP contribution is -2.51. The SMILES string of the molecule is CCCCNC(=O)Nc1ccc(N2CCN(C(=O)NCC)CC2)cc1. The molecule has 7 heteroatoms. The number of hydrogen-bond donors (Lipinski definition) is 3. The van der Waals surface area contributed by atoms with E-state index in [1.165, 1.54) is 0 Å². The zero-order valence-electron chi connectivity index (χ0n) is 15.2. The molecule has 4 amide bonds. The summed E-state index contributed by atoms with van der Waals surface area (Å²) in [6.07, 6.45) is 2.04. The van der Waals surface area contributed by atoms with Crippen molar-refractivity contribution in [3.63, 3.8) is 0 Å². The molecule has 0 saturated carbocycles. The summed E-state index contributed by atoms with van der Waals surface area (Å²) in [7, 11) is 0. The van der Waals surface area contributed by atoms with Crippen LogP contribution in [0.15, 0.2) is 24.3 Å². The minimum atomic E-state index is -0.170. The Morgan fingerprint density at radius 2 is 1.68 bits per heavy atom. The molecule has 0 unspecified atom stereocenters. The van der Waals surface area contributed by atoms with E-state index in [1.54, 1.807) is 0 Å². The van der Waals surface area contributed by atoms with Crippen molar-refractivity contribution in [2.24, 2.45) is 0 Å². The number of amides is 4. The number of anilines is 2. The van der Waals surface area contributed by atoms with E-state index in [0.29, 0.717) is 26.2 Å². The summed E-state index contributed by atoms with van der Waals surface area (Å²) < 4.78 is 0. The second kappa shape index (κ2) is 9.76. The lowest BCUT2D eigenvalue weighted by Gasteiger charge is -2.36. The Labute approximate surface area is 149 Å². The van der Waals surface area contributed by atoms with Crippen molar-refractivity contribution in [3.8, 4) is 0 Å². The van der Waals surface area contributed by atoms with E-state index in [2.05, 4.69) is 27.8 Å². The van der Waals surface area contributed by atoms with Gasteiger partial charge in [0.05, 0.1) is 0 Å². The second-order valence-electron chi connectivity index (χ2n) is 6.09. The van der Waals surface area contributed by atoms with Crippen LogP contribution in [0.25, 0.3) is 0 Å². The van der Waals surface area contributed by atoms with Crippen LogP contribution in [0, 0.1) is 0 Å². The Kier molecular flexibility index (Phi) is 7.37. The molecular formula is C18H29N5O2. The molecule has 0 aliphatic carbocycles. The number of piperazine rings is 1. The predicted molar refractivity (Wildman–Crippen MR) is 101 cm³/mol. The summed E-state index contributed by atoms with van der Waals surface area (Å²) in [6.45, 7) is 8.40. The first-order valence-electron chi connectivity index (χ1n) is 9.06. The van der Waals surface area contributed by atoms with Gasteiger partial charge in [-0.05, 0) is 37.6 Å². The summed E-state index contributed by atoms with van der Waals surface area (Å²) in [6, 6.07) is 7.66. The van der Waals surface area contributed by atoms with Crippen LogP contribution in [-0.4, -0.2) is 56.2 Å². The number of nitrogens with one attached hydrogen (secondary N) is 3. The van der Waals surface area contributed by atoms with Crippen LogP contribution in [0.5, 0.6) is 0 Å². The Balaban J connectivity index is 1.80. The van der Waals surface area contributed by atoms with Crippen molar-refractivity contribution in [1.82, 2.24) is 15.5 Å². The van der Waals surface area contributed by atoms with Gasteiger partial charge in [0.2, 0.25) is 0 Å².